The fraction of sp³-hybridized carbons (Fsp3) is 0.545. The van der Waals surface area contributed by atoms with Gasteiger partial charge >= 0.3 is 5.97 Å². The Morgan fingerprint density at radius 1 is 1.60 bits per heavy atom. The molecular weight excluding hydrogens is 194 g/mol. The van der Waals surface area contributed by atoms with Crippen molar-refractivity contribution in [2.45, 2.75) is 25.3 Å². The molecule has 1 aromatic rings. The van der Waals surface area contributed by atoms with Gasteiger partial charge in [-0.15, -0.1) is 0 Å². The van der Waals surface area contributed by atoms with Crippen LogP contribution in [0.5, 0.6) is 0 Å². The van der Waals surface area contributed by atoms with Gasteiger partial charge in [0.05, 0.1) is 7.11 Å². The first kappa shape index (κ1) is 10.2. The molecule has 0 radical (unpaired) electrons. The SMILES string of the molecule is COC(=O)C1(c2ccc(C)o2)CCCN1. The summed E-state index contributed by atoms with van der Waals surface area (Å²) >= 11 is 0. The molecule has 1 aromatic heterocycles. The summed E-state index contributed by atoms with van der Waals surface area (Å²) in [5, 5.41) is 3.18. The minimum atomic E-state index is -0.761. The number of carbonyl (C=O) groups is 1. The van der Waals surface area contributed by atoms with Crippen LogP contribution < -0.4 is 5.32 Å². The Labute approximate surface area is 88.6 Å². The van der Waals surface area contributed by atoms with Gasteiger partial charge in [-0.3, -0.25) is 5.32 Å². The molecule has 4 heteroatoms. The van der Waals surface area contributed by atoms with Crippen molar-refractivity contribution in [2.24, 2.45) is 0 Å². The lowest BCUT2D eigenvalue weighted by atomic mass is 9.94. The van der Waals surface area contributed by atoms with Crippen molar-refractivity contribution in [3.05, 3.63) is 23.7 Å². The maximum Gasteiger partial charge on any atom is 0.334 e. The van der Waals surface area contributed by atoms with Crippen molar-refractivity contribution in [1.29, 1.82) is 0 Å². The highest BCUT2D eigenvalue weighted by Crippen LogP contribution is 2.33. The zero-order valence-electron chi connectivity index (χ0n) is 9.00. The van der Waals surface area contributed by atoms with Crippen LogP contribution in [0.15, 0.2) is 16.5 Å². The molecule has 1 N–H and O–H groups in total. The third-order valence-corrected chi connectivity index (χ3v) is 2.85. The smallest absolute Gasteiger partial charge is 0.334 e. The Morgan fingerprint density at radius 2 is 2.40 bits per heavy atom. The van der Waals surface area contributed by atoms with E-state index in [1.165, 1.54) is 7.11 Å². The van der Waals surface area contributed by atoms with E-state index in [1.54, 1.807) is 0 Å². The number of hydrogen-bond donors (Lipinski definition) is 1. The third-order valence-electron chi connectivity index (χ3n) is 2.85. The lowest BCUT2D eigenvalue weighted by Gasteiger charge is -2.23. The Kier molecular flexibility index (Phi) is 2.52. The Morgan fingerprint density at radius 3 is 2.87 bits per heavy atom. The molecule has 4 nitrogen and oxygen atoms in total. The van der Waals surface area contributed by atoms with E-state index in [9.17, 15) is 4.79 Å². The molecule has 0 spiro atoms. The zero-order valence-corrected chi connectivity index (χ0v) is 9.00. The van der Waals surface area contributed by atoms with Gasteiger partial charge in [0.25, 0.3) is 0 Å². The number of esters is 1. The summed E-state index contributed by atoms with van der Waals surface area (Å²) in [5.74, 6) is 1.20. The summed E-state index contributed by atoms with van der Waals surface area (Å²) < 4.78 is 10.4. The quantitative estimate of drug-likeness (QED) is 0.747. The van der Waals surface area contributed by atoms with Gasteiger partial charge < -0.3 is 9.15 Å². The topological polar surface area (TPSA) is 51.5 Å². The molecule has 0 bridgehead atoms. The number of furan rings is 1. The fourth-order valence-electron chi connectivity index (χ4n) is 2.07. The lowest BCUT2D eigenvalue weighted by molar-refractivity contribution is -0.149. The predicted octanol–water partition coefficient (Wildman–Crippen LogP) is 1.34. The van der Waals surface area contributed by atoms with Crippen LogP contribution in [-0.4, -0.2) is 19.6 Å². The number of aryl methyl sites for hydroxylation is 1. The van der Waals surface area contributed by atoms with Crippen LogP contribution in [0.3, 0.4) is 0 Å². The van der Waals surface area contributed by atoms with Crippen LogP contribution in [-0.2, 0) is 15.1 Å². The van der Waals surface area contributed by atoms with E-state index in [4.69, 9.17) is 9.15 Å². The molecular formula is C11H15NO3. The van der Waals surface area contributed by atoms with E-state index in [0.29, 0.717) is 5.76 Å². The third kappa shape index (κ3) is 1.55. The number of ether oxygens (including phenoxy) is 1. The van der Waals surface area contributed by atoms with Crippen LogP contribution in [0, 0.1) is 6.92 Å². The van der Waals surface area contributed by atoms with Crippen LogP contribution in [0.4, 0.5) is 0 Å². The number of nitrogens with one attached hydrogen (secondary N) is 1. The highest BCUT2D eigenvalue weighted by atomic mass is 16.5. The number of rotatable bonds is 2. The Bertz CT molecular complexity index is 364. The summed E-state index contributed by atoms with van der Waals surface area (Å²) in [5.41, 5.74) is -0.761. The standard InChI is InChI=1S/C11H15NO3/c1-8-4-5-9(15-8)11(10(13)14-2)6-3-7-12-11/h4-5,12H,3,6-7H2,1-2H3. The molecule has 1 saturated heterocycles. The fourth-order valence-corrected chi connectivity index (χ4v) is 2.07. The van der Waals surface area contributed by atoms with Crippen LogP contribution >= 0.6 is 0 Å². The Hall–Kier alpha value is -1.29. The van der Waals surface area contributed by atoms with Gasteiger partial charge in [0.2, 0.25) is 0 Å². The van der Waals surface area contributed by atoms with Gasteiger partial charge in [-0.2, -0.15) is 0 Å². The van der Waals surface area contributed by atoms with E-state index < -0.39 is 5.54 Å². The van der Waals surface area contributed by atoms with E-state index in [1.807, 2.05) is 19.1 Å². The maximum absolute atomic E-state index is 11.8. The molecule has 0 amide bonds. The largest absolute Gasteiger partial charge is 0.467 e. The highest BCUT2D eigenvalue weighted by molar-refractivity contribution is 5.82. The number of hydrogen-bond acceptors (Lipinski definition) is 4. The van der Waals surface area contributed by atoms with Crippen molar-refractivity contribution in [3.63, 3.8) is 0 Å². The number of methoxy groups -OCH3 is 1. The van der Waals surface area contributed by atoms with Crippen LogP contribution in [0.1, 0.15) is 24.4 Å². The second-order valence-corrected chi connectivity index (χ2v) is 3.84. The monoisotopic (exact) mass is 209 g/mol. The summed E-state index contributed by atoms with van der Waals surface area (Å²) in [4.78, 5) is 11.8. The number of carbonyl (C=O) groups excluding carboxylic acids is 1. The Balaban J connectivity index is 2.38. The van der Waals surface area contributed by atoms with Crippen LogP contribution in [0.25, 0.3) is 0 Å². The van der Waals surface area contributed by atoms with Gasteiger partial charge in [-0.05, 0) is 38.4 Å². The molecule has 0 saturated carbocycles. The first-order valence-electron chi connectivity index (χ1n) is 5.09. The van der Waals surface area contributed by atoms with Gasteiger partial charge in [0.1, 0.15) is 11.5 Å². The van der Waals surface area contributed by atoms with Crippen molar-refractivity contribution < 1.29 is 13.9 Å². The summed E-state index contributed by atoms with van der Waals surface area (Å²) in [6.45, 7) is 2.68. The van der Waals surface area contributed by atoms with Crippen molar-refractivity contribution in [1.82, 2.24) is 5.32 Å². The second-order valence-electron chi connectivity index (χ2n) is 3.84. The van der Waals surface area contributed by atoms with E-state index >= 15 is 0 Å². The minimum absolute atomic E-state index is 0.269. The molecule has 1 unspecified atom stereocenters. The first-order chi connectivity index (χ1) is 7.19. The average molecular weight is 209 g/mol. The van der Waals surface area contributed by atoms with E-state index in [0.717, 1.165) is 25.1 Å². The average Bonchev–Trinajstić information content (AvgIpc) is 2.85. The zero-order chi connectivity index (χ0) is 10.9. The van der Waals surface area contributed by atoms with Gasteiger partial charge in [-0.1, -0.05) is 0 Å². The lowest BCUT2D eigenvalue weighted by Crippen LogP contribution is -2.45. The normalized spacial score (nSPS) is 25.5. The highest BCUT2D eigenvalue weighted by Gasteiger charge is 2.46. The molecule has 1 aliphatic rings. The van der Waals surface area contributed by atoms with Gasteiger partial charge in [0.15, 0.2) is 5.54 Å². The molecule has 82 valence electrons. The predicted molar refractivity (Wildman–Crippen MR) is 54.4 cm³/mol. The molecule has 0 aliphatic carbocycles. The molecule has 0 aromatic carbocycles. The molecule has 1 fully saturated rings. The van der Waals surface area contributed by atoms with E-state index in [2.05, 4.69) is 5.32 Å². The maximum atomic E-state index is 11.8. The summed E-state index contributed by atoms with van der Waals surface area (Å²) in [6, 6.07) is 3.70. The molecule has 1 aliphatic heterocycles. The molecule has 2 rings (SSSR count). The van der Waals surface area contributed by atoms with Gasteiger partial charge in [-0.25, -0.2) is 4.79 Å². The summed E-state index contributed by atoms with van der Waals surface area (Å²) in [7, 11) is 1.40. The first-order valence-corrected chi connectivity index (χ1v) is 5.09. The van der Waals surface area contributed by atoms with Crippen molar-refractivity contribution >= 4 is 5.97 Å². The van der Waals surface area contributed by atoms with E-state index in [-0.39, 0.29) is 5.97 Å². The van der Waals surface area contributed by atoms with Crippen molar-refractivity contribution in [3.8, 4) is 0 Å². The van der Waals surface area contributed by atoms with Crippen LogP contribution in [0.2, 0.25) is 0 Å². The van der Waals surface area contributed by atoms with Gasteiger partial charge in [0, 0.05) is 0 Å². The molecule has 1 atom stereocenters. The summed E-state index contributed by atoms with van der Waals surface area (Å²) in [6.07, 6.45) is 1.68. The molecule has 2 heterocycles. The minimum Gasteiger partial charge on any atom is -0.467 e. The van der Waals surface area contributed by atoms with Crippen molar-refractivity contribution in [2.75, 3.05) is 13.7 Å². The molecule has 15 heavy (non-hydrogen) atoms. The second kappa shape index (κ2) is 3.70.